The van der Waals surface area contributed by atoms with Gasteiger partial charge in [0, 0.05) is 0 Å². The van der Waals surface area contributed by atoms with Gasteiger partial charge in [0.2, 0.25) is 0 Å². The van der Waals surface area contributed by atoms with E-state index in [1.807, 2.05) is 27.7 Å². The van der Waals surface area contributed by atoms with Crippen molar-refractivity contribution < 1.29 is 65.9 Å². The van der Waals surface area contributed by atoms with Crippen molar-refractivity contribution in [3.63, 3.8) is 0 Å². The zero-order valence-electron chi connectivity index (χ0n) is 32.1. The van der Waals surface area contributed by atoms with Crippen LogP contribution in [0.25, 0.3) is 0 Å². The number of nitrogens with zero attached hydrogens (tertiary/aromatic N) is 9. The molecular weight excluding hydrogens is 879 g/mol. The van der Waals surface area contributed by atoms with E-state index in [0.717, 1.165) is 6.07 Å². The molecule has 3 aromatic rings. The molecule has 9 nitrogen and oxygen atoms in total. The van der Waals surface area contributed by atoms with E-state index in [4.69, 9.17) is 47.4 Å². The van der Waals surface area contributed by atoms with Gasteiger partial charge in [-0.15, -0.1) is 0 Å². The predicted octanol–water partition coefficient (Wildman–Crippen LogP) is 11.6. The molecule has 0 aromatic heterocycles. The molecular formula is C39H22F15N9. The summed E-state index contributed by atoms with van der Waals surface area (Å²) in [6.07, 6.45) is -29.0. The molecule has 0 radical (unpaired) electrons. The molecule has 0 saturated heterocycles. The first-order valence-corrected chi connectivity index (χ1v) is 16.5. The van der Waals surface area contributed by atoms with E-state index < -0.39 is 111 Å². The van der Waals surface area contributed by atoms with Crippen molar-refractivity contribution in [3.05, 3.63) is 102 Å². The third-order valence-corrected chi connectivity index (χ3v) is 7.08. The summed E-state index contributed by atoms with van der Waals surface area (Å²) >= 11 is 0. The fraction of sp³-hybridized carbons (Fsp3) is 0.308. The maximum absolute atomic E-state index is 12.9. The van der Waals surface area contributed by atoms with Gasteiger partial charge in [-0.05, 0) is 41.0 Å². The molecule has 24 heteroatoms. The zero-order valence-corrected chi connectivity index (χ0v) is 32.1. The molecule has 0 saturated carbocycles. The van der Waals surface area contributed by atoms with Crippen LogP contribution in [0.15, 0.2) is 24.3 Å². The van der Waals surface area contributed by atoms with Crippen LogP contribution < -0.4 is 0 Å². The highest BCUT2D eigenvalue weighted by Crippen LogP contribution is 2.45. The lowest BCUT2D eigenvalue weighted by Gasteiger charge is -2.19. The molecule has 0 spiro atoms. The van der Waals surface area contributed by atoms with Crippen LogP contribution >= 0.6 is 0 Å². The van der Waals surface area contributed by atoms with E-state index in [-0.39, 0.29) is 28.8 Å². The fourth-order valence-corrected chi connectivity index (χ4v) is 4.87. The average molecular weight is 902 g/mol. The summed E-state index contributed by atoms with van der Waals surface area (Å²) in [6.45, 7) is 8.00. The number of halogens is 15. The van der Waals surface area contributed by atoms with Gasteiger partial charge in [0.1, 0.15) is 24.3 Å². The highest BCUT2D eigenvalue weighted by Gasteiger charge is 2.47. The van der Waals surface area contributed by atoms with Crippen LogP contribution in [0.1, 0.15) is 106 Å². The summed E-state index contributed by atoms with van der Waals surface area (Å²) in [5.41, 5.74) is -16.2. The van der Waals surface area contributed by atoms with Crippen LogP contribution in [-0.4, -0.2) is 0 Å². The van der Waals surface area contributed by atoms with Gasteiger partial charge in [-0.2, -0.15) is 113 Å². The van der Waals surface area contributed by atoms with Gasteiger partial charge < -0.3 is 0 Å². The molecule has 328 valence electrons. The second kappa shape index (κ2) is 23.7. The number of nitriles is 9. The van der Waals surface area contributed by atoms with Gasteiger partial charge in [-0.25, -0.2) is 0 Å². The first-order chi connectivity index (χ1) is 29.1. The number of rotatable bonds is 3. The van der Waals surface area contributed by atoms with Crippen molar-refractivity contribution in [2.75, 3.05) is 0 Å². The summed E-state index contributed by atoms with van der Waals surface area (Å²) < 4.78 is 192. The maximum atomic E-state index is 12.9. The Bertz CT molecular complexity index is 2390. The standard InChI is InChI=1S/2C12H3F6N3.C11H4F3N3.2C2H6/c2*13-11(14,15)9-3-6(4-20)8(5-21)7(1-2-19)10(9)12(16,17)18;12-11(13,14)10-4-7(5-16)3-8(6-17)9(10)1-2-15;2*1-2/h2*3H,1H2;3-4H,1H2;2*1-2H3. The summed E-state index contributed by atoms with van der Waals surface area (Å²) in [7, 11) is 0. The first kappa shape index (κ1) is 57.1. The number of hydrogen-bond donors (Lipinski definition) is 0. The molecule has 0 aliphatic rings. The molecule has 0 atom stereocenters. The Morgan fingerprint density at radius 2 is 0.651 bits per heavy atom. The third-order valence-electron chi connectivity index (χ3n) is 7.08. The predicted molar refractivity (Wildman–Crippen MR) is 183 cm³/mol. The lowest BCUT2D eigenvalue weighted by Crippen LogP contribution is -2.21. The molecule has 0 aliphatic carbocycles. The van der Waals surface area contributed by atoms with Crippen molar-refractivity contribution in [3.8, 4) is 54.6 Å². The highest BCUT2D eigenvalue weighted by molar-refractivity contribution is 5.60. The molecule has 3 rings (SSSR count). The van der Waals surface area contributed by atoms with Gasteiger partial charge in [0.05, 0.1) is 111 Å². The van der Waals surface area contributed by atoms with Gasteiger partial charge in [-0.3, -0.25) is 0 Å². The Labute approximate surface area is 347 Å². The second-order valence-electron chi connectivity index (χ2n) is 10.6. The average Bonchev–Trinajstić information content (AvgIpc) is 3.20. The van der Waals surface area contributed by atoms with Gasteiger partial charge in [0.15, 0.2) is 0 Å². The molecule has 0 bridgehead atoms. The first-order valence-electron chi connectivity index (χ1n) is 16.5. The second-order valence-corrected chi connectivity index (χ2v) is 10.6. The maximum Gasteiger partial charge on any atom is 0.417 e. The Hall–Kier alpha value is -7.98. The van der Waals surface area contributed by atoms with Crippen LogP contribution in [0, 0.1) is 102 Å². The van der Waals surface area contributed by atoms with Crippen molar-refractivity contribution >= 4 is 0 Å². The van der Waals surface area contributed by atoms with E-state index in [1.165, 1.54) is 36.4 Å². The smallest absolute Gasteiger partial charge is 0.198 e. The molecule has 0 unspecified atom stereocenters. The van der Waals surface area contributed by atoms with Crippen LogP contribution in [-0.2, 0) is 50.1 Å². The summed E-state index contributed by atoms with van der Waals surface area (Å²) in [5, 5.41) is 77.7. The lowest BCUT2D eigenvalue weighted by atomic mass is 9.90. The minimum Gasteiger partial charge on any atom is -0.198 e. The van der Waals surface area contributed by atoms with Gasteiger partial charge in [0.25, 0.3) is 0 Å². The SMILES string of the molecule is CC.CC.N#CCc1c(C#N)c(C#N)cc(C(F)(F)F)c1C(F)(F)F.N#CCc1c(C#N)c(C#N)cc(C(F)(F)F)c1C(F)(F)F.N#CCc1c(C#N)cc(C#N)cc1C(F)(F)F. The van der Waals surface area contributed by atoms with E-state index in [0.29, 0.717) is 6.07 Å². The normalized spacial score (nSPS) is 10.5. The van der Waals surface area contributed by atoms with Crippen LogP contribution in [0.2, 0.25) is 0 Å². The fourth-order valence-electron chi connectivity index (χ4n) is 4.87. The Kier molecular flexibility index (Phi) is 21.5. The lowest BCUT2D eigenvalue weighted by molar-refractivity contribution is -0.162. The molecule has 0 amide bonds. The summed E-state index contributed by atoms with van der Waals surface area (Å²) in [6, 6.07) is 13.8. The van der Waals surface area contributed by atoms with Crippen LogP contribution in [0.5, 0.6) is 0 Å². The highest BCUT2D eigenvalue weighted by atomic mass is 19.4. The zero-order chi connectivity index (χ0) is 49.9. The summed E-state index contributed by atoms with van der Waals surface area (Å²) in [5.74, 6) is 0. The van der Waals surface area contributed by atoms with Gasteiger partial charge in [-0.1, -0.05) is 27.7 Å². The molecule has 0 fully saturated rings. The Morgan fingerprint density at radius 3 is 0.873 bits per heavy atom. The van der Waals surface area contributed by atoms with Crippen LogP contribution in [0.3, 0.4) is 0 Å². The van der Waals surface area contributed by atoms with Crippen molar-refractivity contribution in [1.29, 1.82) is 47.4 Å². The van der Waals surface area contributed by atoms with Crippen LogP contribution in [0.4, 0.5) is 65.9 Å². The van der Waals surface area contributed by atoms with E-state index >= 15 is 0 Å². The van der Waals surface area contributed by atoms with E-state index in [9.17, 15) is 65.9 Å². The molecule has 0 aliphatic heterocycles. The third kappa shape index (κ3) is 14.9. The Balaban J connectivity index is 0. The molecule has 3 aromatic carbocycles. The van der Waals surface area contributed by atoms with Crippen molar-refractivity contribution in [2.45, 2.75) is 77.8 Å². The topological polar surface area (TPSA) is 214 Å². The number of hydrogen-bond acceptors (Lipinski definition) is 9. The van der Waals surface area contributed by atoms with Crippen molar-refractivity contribution in [1.82, 2.24) is 0 Å². The minimum absolute atomic E-state index is 0.0255. The van der Waals surface area contributed by atoms with E-state index in [1.54, 1.807) is 18.2 Å². The number of alkyl halides is 15. The quantitative estimate of drug-likeness (QED) is 0.228. The van der Waals surface area contributed by atoms with Crippen molar-refractivity contribution in [2.24, 2.45) is 0 Å². The monoisotopic (exact) mass is 901 g/mol. The molecule has 63 heavy (non-hydrogen) atoms. The molecule has 0 heterocycles. The van der Waals surface area contributed by atoms with Gasteiger partial charge >= 0.3 is 30.9 Å². The largest absolute Gasteiger partial charge is 0.417 e. The Morgan fingerprint density at radius 1 is 0.349 bits per heavy atom. The van der Waals surface area contributed by atoms with E-state index in [2.05, 4.69) is 0 Å². The molecule has 0 N–H and O–H groups in total. The minimum atomic E-state index is -5.42. The number of benzene rings is 3. The summed E-state index contributed by atoms with van der Waals surface area (Å²) in [4.78, 5) is 0.